The highest BCUT2D eigenvalue weighted by atomic mass is 35.5. The van der Waals surface area contributed by atoms with Crippen molar-refractivity contribution < 1.29 is 14.4 Å². The summed E-state index contributed by atoms with van der Waals surface area (Å²) in [6, 6.07) is 22.1. The van der Waals surface area contributed by atoms with Gasteiger partial charge in [-0.3, -0.25) is 23.7 Å². The Morgan fingerprint density at radius 3 is 2.27 bits per heavy atom. The van der Waals surface area contributed by atoms with E-state index in [1.54, 1.807) is 24.3 Å². The summed E-state index contributed by atoms with van der Waals surface area (Å²) in [4.78, 5) is 58.5. The lowest BCUT2D eigenvalue weighted by Gasteiger charge is -2.31. The normalized spacial score (nSPS) is 19.1. The number of para-hydroxylation sites is 1. The maximum Gasteiger partial charge on any atom is 0.308 e. The van der Waals surface area contributed by atoms with Crippen molar-refractivity contribution >= 4 is 69.5 Å². The minimum Gasteiger partial charge on any atom is -0.372 e. The van der Waals surface area contributed by atoms with Gasteiger partial charge in [-0.1, -0.05) is 65.0 Å². The number of halogens is 1. The monoisotopic (exact) mass is 646 g/mol. The second kappa shape index (κ2) is 12.3. The summed E-state index contributed by atoms with van der Waals surface area (Å²) in [5.74, 6) is -2.27. The van der Waals surface area contributed by atoms with E-state index in [1.165, 1.54) is 21.2 Å². The van der Waals surface area contributed by atoms with E-state index in [2.05, 4.69) is 24.1 Å². The Bertz CT molecular complexity index is 1800. The molecule has 11 heteroatoms. The van der Waals surface area contributed by atoms with E-state index in [1.807, 2.05) is 55.5 Å². The number of hydrogen-bond donors (Lipinski definition) is 1. The summed E-state index contributed by atoms with van der Waals surface area (Å²) in [6.45, 7) is 7.58. The van der Waals surface area contributed by atoms with Crippen LogP contribution in [0.5, 0.6) is 0 Å². The Kier molecular flexibility index (Phi) is 8.41. The molecule has 0 bridgehead atoms. The fraction of sp³-hybridized carbons (Fsp3) is 0.273. The minimum atomic E-state index is -0.766. The first-order valence-corrected chi connectivity index (χ1v) is 16.5. The molecule has 2 aliphatic heterocycles. The molecule has 2 aliphatic rings. The van der Waals surface area contributed by atoms with E-state index in [4.69, 9.17) is 11.6 Å². The SMILES string of the molecule is CCN(CC)c1ccc([C@@H]2c3sc(=O)n(CC(=O)Nc4ccccc4C)c3S[C@H]3C(=O)N(c4ccc(Cl)cc4)C(=O)[C@@H]23)cc1. The van der Waals surface area contributed by atoms with E-state index in [0.29, 0.717) is 26.3 Å². The topological polar surface area (TPSA) is 91.7 Å². The van der Waals surface area contributed by atoms with E-state index in [-0.39, 0.29) is 29.1 Å². The van der Waals surface area contributed by atoms with Gasteiger partial charge >= 0.3 is 4.87 Å². The first-order valence-electron chi connectivity index (χ1n) is 14.5. The van der Waals surface area contributed by atoms with Gasteiger partial charge in [-0.25, -0.2) is 4.90 Å². The average Bonchev–Trinajstić information content (AvgIpc) is 3.46. The molecule has 8 nitrogen and oxygen atoms in total. The van der Waals surface area contributed by atoms with Crippen molar-refractivity contribution in [1.29, 1.82) is 0 Å². The standard InChI is InChI=1S/C33H31ClN4O4S2/c1-4-36(5-2)22-14-10-20(11-15-22)26-27-28(31(41)38(30(27)40)23-16-12-21(34)13-17-23)43-32-29(26)44-33(42)37(32)18-25(39)35-24-9-7-6-8-19(24)3/h6-17,26-28H,4-5,18H2,1-3H3,(H,35,39)/t26-,27-,28+/m0/s1. The lowest BCUT2D eigenvalue weighted by Crippen LogP contribution is -2.33. The molecule has 1 fully saturated rings. The molecule has 44 heavy (non-hydrogen) atoms. The number of anilines is 3. The van der Waals surface area contributed by atoms with Crippen molar-refractivity contribution in [3.05, 3.63) is 103 Å². The Labute approximate surface area is 268 Å². The number of nitrogens with one attached hydrogen (secondary N) is 1. The number of thioether (sulfide) groups is 1. The van der Waals surface area contributed by atoms with Crippen LogP contribution >= 0.6 is 34.7 Å². The number of nitrogens with zero attached hydrogens (tertiary/aromatic N) is 3. The number of rotatable bonds is 8. The number of imide groups is 1. The molecular formula is C33H31ClN4O4S2. The molecule has 1 saturated heterocycles. The molecule has 4 aromatic rings. The van der Waals surface area contributed by atoms with Crippen LogP contribution in [0, 0.1) is 12.8 Å². The predicted molar refractivity (Wildman–Crippen MR) is 177 cm³/mol. The number of hydrogen-bond acceptors (Lipinski definition) is 7. The van der Waals surface area contributed by atoms with Crippen molar-refractivity contribution in [3.63, 3.8) is 0 Å². The first kappa shape index (κ1) is 30.2. The van der Waals surface area contributed by atoms with Gasteiger partial charge < -0.3 is 10.2 Å². The number of carbonyl (C=O) groups is 3. The number of aryl methyl sites for hydroxylation is 1. The van der Waals surface area contributed by atoms with Crippen molar-refractivity contribution in [2.45, 2.75) is 43.5 Å². The smallest absolute Gasteiger partial charge is 0.308 e. The highest BCUT2D eigenvalue weighted by Gasteiger charge is 2.56. The first-order chi connectivity index (χ1) is 21.2. The summed E-state index contributed by atoms with van der Waals surface area (Å²) < 4.78 is 1.44. The van der Waals surface area contributed by atoms with Crippen molar-refractivity contribution in [2.75, 3.05) is 28.2 Å². The maximum atomic E-state index is 14.1. The van der Waals surface area contributed by atoms with E-state index >= 15 is 0 Å². The molecule has 3 atom stereocenters. The Hall–Kier alpha value is -3.86. The van der Waals surface area contributed by atoms with E-state index in [9.17, 15) is 19.2 Å². The molecule has 0 spiro atoms. The fourth-order valence-corrected chi connectivity index (χ4v) is 8.89. The summed E-state index contributed by atoms with van der Waals surface area (Å²) in [7, 11) is 0. The van der Waals surface area contributed by atoms with Crippen molar-refractivity contribution in [2.24, 2.45) is 5.92 Å². The number of carbonyl (C=O) groups excluding carboxylic acids is 3. The van der Waals surface area contributed by atoms with Gasteiger partial charge in [0.05, 0.1) is 16.6 Å². The number of aromatic nitrogens is 1. The van der Waals surface area contributed by atoms with Gasteiger partial charge in [-0.15, -0.1) is 0 Å². The number of thiazole rings is 1. The van der Waals surface area contributed by atoms with Crippen molar-refractivity contribution in [1.82, 2.24) is 4.57 Å². The zero-order valence-corrected chi connectivity index (χ0v) is 26.8. The van der Waals surface area contributed by atoms with Gasteiger partial charge in [-0.05, 0) is 74.4 Å². The zero-order valence-electron chi connectivity index (χ0n) is 24.5. The molecule has 1 N–H and O–H groups in total. The quantitative estimate of drug-likeness (QED) is 0.231. The van der Waals surface area contributed by atoms with Gasteiger partial charge in [0, 0.05) is 40.3 Å². The molecule has 226 valence electrons. The molecule has 0 radical (unpaired) electrons. The largest absolute Gasteiger partial charge is 0.372 e. The molecule has 6 rings (SSSR count). The van der Waals surface area contributed by atoms with Crippen LogP contribution in [-0.4, -0.2) is 40.6 Å². The van der Waals surface area contributed by atoms with Crippen LogP contribution in [0.25, 0.3) is 0 Å². The van der Waals surface area contributed by atoms with Crippen molar-refractivity contribution in [3.8, 4) is 0 Å². The van der Waals surface area contributed by atoms with Gasteiger partial charge in [0.1, 0.15) is 11.8 Å². The Morgan fingerprint density at radius 1 is 0.932 bits per heavy atom. The zero-order chi connectivity index (χ0) is 31.1. The minimum absolute atomic E-state index is 0.208. The molecule has 0 saturated carbocycles. The number of fused-ring (bicyclic) bond motifs is 2. The van der Waals surface area contributed by atoms with Gasteiger partial charge in [0.25, 0.3) is 0 Å². The van der Waals surface area contributed by atoms with Crippen LogP contribution < -0.4 is 20.0 Å². The van der Waals surface area contributed by atoms with E-state index < -0.39 is 17.1 Å². The Balaban J connectivity index is 1.42. The van der Waals surface area contributed by atoms with Crippen LogP contribution in [-0.2, 0) is 20.9 Å². The summed E-state index contributed by atoms with van der Waals surface area (Å²) >= 11 is 8.33. The molecule has 3 heterocycles. The molecular weight excluding hydrogens is 616 g/mol. The predicted octanol–water partition coefficient (Wildman–Crippen LogP) is 6.15. The summed E-state index contributed by atoms with van der Waals surface area (Å²) in [6.07, 6.45) is 0. The Morgan fingerprint density at radius 2 is 1.61 bits per heavy atom. The van der Waals surface area contributed by atoms with Gasteiger partial charge in [0.15, 0.2) is 0 Å². The summed E-state index contributed by atoms with van der Waals surface area (Å²) in [5.41, 5.74) is 3.92. The van der Waals surface area contributed by atoms with Gasteiger partial charge in [-0.2, -0.15) is 0 Å². The molecule has 3 amide bonds. The lowest BCUT2D eigenvalue weighted by atomic mass is 9.83. The third-order valence-corrected chi connectivity index (χ3v) is 11.1. The third kappa shape index (κ3) is 5.35. The third-order valence-electron chi connectivity index (χ3n) is 8.24. The highest BCUT2D eigenvalue weighted by Crippen LogP contribution is 2.54. The lowest BCUT2D eigenvalue weighted by molar-refractivity contribution is -0.122. The second-order valence-corrected chi connectivity index (χ2v) is 13.3. The number of benzene rings is 3. The van der Waals surface area contributed by atoms with Gasteiger partial charge in [0.2, 0.25) is 17.7 Å². The fourth-order valence-electron chi connectivity index (χ4n) is 5.99. The second-order valence-electron chi connectivity index (χ2n) is 10.8. The van der Waals surface area contributed by atoms with Crippen LogP contribution in [0.2, 0.25) is 5.02 Å². The molecule has 0 aliphatic carbocycles. The molecule has 3 aromatic carbocycles. The maximum absolute atomic E-state index is 14.1. The number of amides is 3. The average molecular weight is 647 g/mol. The molecule has 1 aromatic heterocycles. The van der Waals surface area contributed by atoms with E-state index in [0.717, 1.165) is 41.2 Å². The van der Waals surface area contributed by atoms with Crippen LogP contribution in [0.3, 0.4) is 0 Å². The molecule has 0 unspecified atom stereocenters. The van der Waals surface area contributed by atoms with Crippen LogP contribution in [0.15, 0.2) is 82.6 Å². The highest BCUT2D eigenvalue weighted by molar-refractivity contribution is 8.00. The summed E-state index contributed by atoms with van der Waals surface area (Å²) in [5, 5.41) is 3.19. The van der Waals surface area contributed by atoms with Crippen LogP contribution in [0.4, 0.5) is 17.1 Å². The van der Waals surface area contributed by atoms with Crippen LogP contribution in [0.1, 0.15) is 35.8 Å².